The van der Waals surface area contributed by atoms with Crippen molar-refractivity contribution in [3.8, 4) is 0 Å². The van der Waals surface area contributed by atoms with Gasteiger partial charge in [0.2, 0.25) is 11.2 Å². The van der Waals surface area contributed by atoms with Crippen LogP contribution in [0, 0.1) is 0 Å². The van der Waals surface area contributed by atoms with Crippen LogP contribution in [-0.4, -0.2) is 38.6 Å². The summed E-state index contributed by atoms with van der Waals surface area (Å²) in [5.41, 5.74) is 0. The van der Waals surface area contributed by atoms with Crippen LogP contribution in [0.25, 0.3) is 0 Å². The standard InChI is InChI=1S/C11H15ClN6/c1-4-18-6-5-13-9(18)7-8-14-10(12)16-11(15-8)17(2)3/h5-6H,4,7H2,1-3H3. The van der Waals surface area contributed by atoms with Gasteiger partial charge in [0.05, 0.1) is 6.42 Å². The molecule has 2 heterocycles. The molecule has 6 nitrogen and oxygen atoms in total. The minimum absolute atomic E-state index is 0.207. The lowest BCUT2D eigenvalue weighted by Gasteiger charge is -2.11. The lowest BCUT2D eigenvalue weighted by Crippen LogP contribution is -2.15. The molecule has 0 spiro atoms. The Hall–Kier alpha value is -1.69. The number of aryl methyl sites for hydroxylation is 1. The van der Waals surface area contributed by atoms with Gasteiger partial charge in [-0.15, -0.1) is 0 Å². The van der Waals surface area contributed by atoms with Crippen molar-refractivity contribution in [3.05, 3.63) is 29.3 Å². The van der Waals surface area contributed by atoms with Crippen LogP contribution in [0.15, 0.2) is 12.4 Å². The Labute approximate surface area is 111 Å². The molecule has 0 aliphatic carbocycles. The van der Waals surface area contributed by atoms with E-state index in [0.717, 1.165) is 12.4 Å². The second-order valence-electron chi connectivity index (χ2n) is 4.02. The molecule has 0 atom stereocenters. The first-order valence-electron chi connectivity index (χ1n) is 5.68. The van der Waals surface area contributed by atoms with Gasteiger partial charge in [-0.3, -0.25) is 0 Å². The highest BCUT2D eigenvalue weighted by Crippen LogP contribution is 2.11. The van der Waals surface area contributed by atoms with Gasteiger partial charge >= 0.3 is 0 Å². The van der Waals surface area contributed by atoms with E-state index in [9.17, 15) is 0 Å². The largest absolute Gasteiger partial charge is 0.347 e. The van der Waals surface area contributed by atoms with Crippen LogP contribution in [0.3, 0.4) is 0 Å². The minimum atomic E-state index is 0.207. The molecule has 0 fully saturated rings. The van der Waals surface area contributed by atoms with E-state index in [0.29, 0.717) is 18.2 Å². The number of hydrogen-bond acceptors (Lipinski definition) is 5. The van der Waals surface area contributed by atoms with Crippen molar-refractivity contribution in [2.45, 2.75) is 19.9 Å². The lowest BCUT2D eigenvalue weighted by molar-refractivity contribution is 0.700. The molecule has 18 heavy (non-hydrogen) atoms. The Bertz CT molecular complexity index is 536. The van der Waals surface area contributed by atoms with E-state index in [-0.39, 0.29) is 5.28 Å². The van der Waals surface area contributed by atoms with Gasteiger partial charge in [-0.25, -0.2) is 9.97 Å². The first-order chi connectivity index (χ1) is 8.60. The number of anilines is 1. The highest BCUT2D eigenvalue weighted by atomic mass is 35.5. The molecule has 0 radical (unpaired) electrons. The fourth-order valence-corrected chi connectivity index (χ4v) is 1.77. The van der Waals surface area contributed by atoms with Crippen LogP contribution in [-0.2, 0) is 13.0 Å². The van der Waals surface area contributed by atoms with E-state index in [4.69, 9.17) is 11.6 Å². The summed E-state index contributed by atoms with van der Waals surface area (Å²) in [4.78, 5) is 18.6. The summed E-state index contributed by atoms with van der Waals surface area (Å²) in [5, 5.41) is 0.207. The molecule has 0 amide bonds. The maximum atomic E-state index is 5.89. The molecule has 0 aromatic carbocycles. The fraction of sp³-hybridized carbons (Fsp3) is 0.455. The third-order valence-corrected chi connectivity index (χ3v) is 2.67. The summed E-state index contributed by atoms with van der Waals surface area (Å²) in [6.45, 7) is 2.94. The Balaban J connectivity index is 2.29. The van der Waals surface area contributed by atoms with Gasteiger partial charge in [-0.05, 0) is 18.5 Å². The SMILES string of the molecule is CCn1ccnc1Cc1nc(Cl)nc(N(C)C)n1. The molecule has 2 rings (SSSR count). The Kier molecular flexibility index (Phi) is 3.76. The van der Waals surface area contributed by atoms with Crippen molar-refractivity contribution in [3.63, 3.8) is 0 Å². The molecule has 0 saturated heterocycles. The van der Waals surface area contributed by atoms with Gasteiger partial charge in [0.1, 0.15) is 11.6 Å². The zero-order chi connectivity index (χ0) is 13.1. The van der Waals surface area contributed by atoms with Gasteiger partial charge in [-0.2, -0.15) is 9.97 Å². The molecule has 0 unspecified atom stereocenters. The highest BCUT2D eigenvalue weighted by molar-refractivity contribution is 6.28. The molecule has 0 aliphatic rings. The van der Waals surface area contributed by atoms with Crippen molar-refractivity contribution >= 4 is 17.5 Å². The van der Waals surface area contributed by atoms with Crippen LogP contribution in [0.4, 0.5) is 5.95 Å². The molecular formula is C11H15ClN6. The van der Waals surface area contributed by atoms with Crippen LogP contribution in [0.5, 0.6) is 0 Å². The third kappa shape index (κ3) is 2.76. The number of halogens is 1. The van der Waals surface area contributed by atoms with E-state index < -0.39 is 0 Å². The summed E-state index contributed by atoms with van der Waals surface area (Å²) in [6, 6.07) is 0. The zero-order valence-electron chi connectivity index (χ0n) is 10.6. The topological polar surface area (TPSA) is 59.7 Å². The Morgan fingerprint density at radius 2 is 2.06 bits per heavy atom. The van der Waals surface area contributed by atoms with Crippen molar-refractivity contribution in [1.82, 2.24) is 24.5 Å². The van der Waals surface area contributed by atoms with Crippen molar-refractivity contribution in [2.75, 3.05) is 19.0 Å². The summed E-state index contributed by atoms with van der Waals surface area (Å²) in [7, 11) is 3.73. The fourth-order valence-electron chi connectivity index (χ4n) is 1.60. The first-order valence-corrected chi connectivity index (χ1v) is 6.05. The molecular weight excluding hydrogens is 252 g/mol. The minimum Gasteiger partial charge on any atom is -0.347 e. The van der Waals surface area contributed by atoms with Gasteiger partial charge in [-0.1, -0.05) is 0 Å². The van der Waals surface area contributed by atoms with Gasteiger partial charge < -0.3 is 9.47 Å². The van der Waals surface area contributed by atoms with Crippen LogP contribution < -0.4 is 4.90 Å². The first kappa shape index (κ1) is 12.8. The second-order valence-corrected chi connectivity index (χ2v) is 4.36. The Morgan fingerprint density at radius 1 is 1.28 bits per heavy atom. The third-order valence-electron chi connectivity index (χ3n) is 2.50. The molecule has 0 N–H and O–H groups in total. The summed E-state index contributed by atoms with van der Waals surface area (Å²) in [5.74, 6) is 2.10. The molecule has 0 aliphatic heterocycles. The molecule has 7 heteroatoms. The molecule has 0 bridgehead atoms. The predicted octanol–water partition coefficient (Wildman–Crippen LogP) is 1.40. The van der Waals surface area contributed by atoms with Crippen molar-refractivity contribution in [2.24, 2.45) is 0 Å². The number of imidazole rings is 1. The van der Waals surface area contributed by atoms with E-state index in [1.807, 2.05) is 24.9 Å². The number of hydrogen-bond donors (Lipinski definition) is 0. The summed E-state index contributed by atoms with van der Waals surface area (Å²) in [6.07, 6.45) is 4.25. The van der Waals surface area contributed by atoms with E-state index in [1.54, 1.807) is 11.1 Å². The number of aromatic nitrogens is 5. The molecule has 2 aromatic heterocycles. The normalized spacial score (nSPS) is 10.7. The van der Waals surface area contributed by atoms with Gasteiger partial charge in [0, 0.05) is 33.0 Å². The maximum absolute atomic E-state index is 5.89. The predicted molar refractivity (Wildman–Crippen MR) is 69.9 cm³/mol. The lowest BCUT2D eigenvalue weighted by atomic mass is 10.4. The number of rotatable bonds is 4. The monoisotopic (exact) mass is 266 g/mol. The molecule has 96 valence electrons. The summed E-state index contributed by atoms with van der Waals surface area (Å²) >= 11 is 5.89. The van der Waals surface area contributed by atoms with Gasteiger partial charge in [0.15, 0.2) is 0 Å². The molecule has 0 saturated carbocycles. The van der Waals surface area contributed by atoms with Crippen LogP contribution in [0.2, 0.25) is 5.28 Å². The van der Waals surface area contributed by atoms with Crippen LogP contribution in [0.1, 0.15) is 18.6 Å². The average molecular weight is 267 g/mol. The smallest absolute Gasteiger partial charge is 0.229 e. The van der Waals surface area contributed by atoms with Crippen molar-refractivity contribution in [1.29, 1.82) is 0 Å². The second kappa shape index (κ2) is 5.30. The molecule has 2 aromatic rings. The van der Waals surface area contributed by atoms with E-state index in [2.05, 4.69) is 26.9 Å². The Morgan fingerprint density at radius 3 is 2.72 bits per heavy atom. The summed E-state index contributed by atoms with van der Waals surface area (Å²) < 4.78 is 2.05. The zero-order valence-corrected chi connectivity index (χ0v) is 11.4. The van der Waals surface area contributed by atoms with Gasteiger partial charge in [0.25, 0.3) is 0 Å². The quantitative estimate of drug-likeness (QED) is 0.837. The average Bonchev–Trinajstić information content (AvgIpc) is 2.75. The van der Waals surface area contributed by atoms with Crippen molar-refractivity contribution < 1.29 is 0 Å². The maximum Gasteiger partial charge on any atom is 0.229 e. The van der Waals surface area contributed by atoms with E-state index in [1.165, 1.54) is 0 Å². The number of nitrogens with zero attached hydrogens (tertiary/aromatic N) is 6. The van der Waals surface area contributed by atoms with Crippen LogP contribution >= 0.6 is 11.6 Å². The highest BCUT2D eigenvalue weighted by Gasteiger charge is 2.10. The van der Waals surface area contributed by atoms with E-state index >= 15 is 0 Å².